The number of ether oxygens (including phenoxy) is 9. The van der Waals surface area contributed by atoms with Gasteiger partial charge in [-0.1, -0.05) is 39.8 Å². The van der Waals surface area contributed by atoms with E-state index in [0.29, 0.717) is 12.7 Å². The van der Waals surface area contributed by atoms with Crippen LogP contribution >= 0.6 is 0 Å². The van der Waals surface area contributed by atoms with Gasteiger partial charge in [0, 0.05) is 32.8 Å². The first-order valence-corrected chi connectivity index (χ1v) is 21.4. The van der Waals surface area contributed by atoms with Gasteiger partial charge in [-0.25, -0.2) is 0 Å². The van der Waals surface area contributed by atoms with Crippen molar-refractivity contribution >= 4 is 24.2 Å². The van der Waals surface area contributed by atoms with Gasteiger partial charge in [-0.2, -0.15) is 0 Å². The smallest absolute Gasteiger partial charge is 0.309 e. The van der Waals surface area contributed by atoms with Crippen LogP contribution in [0.4, 0.5) is 0 Å². The number of nitrogens with zero attached hydrogens (tertiary/aromatic N) is 1. The molecule has 0 radical (unpaired) electrons. The number of rotatable bonds is 13. The number of epoxide rings is 1. The molecule has 0 aromatic carbocycles. The van der Waals surface area contributed by atoms with Gasteiger partial charge in [0.25, 0.3) is 0 Å². The predicted molar refractivity (Wildman–Crippen MR) is 214 cm³/mol. The third kappa shape index (κ3) is 13.0. The van der Waals surface area contributed by atoms with E-state index in [1.54, 1.807) is 58.8 Å². The van der Waals surface area contributed by atoms with E-state index in [1.165, 1.54) is 14.0 Å². The SMILES string of the molecule is CCC(=O)O[C@H]1CC(=O)O[C@H](C)C[C@@H]2O[C@@H]2/C=C/[C@H](O)[C@@H](C)C[C@H](CC=O)[C@H](O[C@H]2O[C@@H](C)[C@H](O[C@H]3CO[C@H](C)[C@@H](OC(=O)CC(C)C)[C@]3(C)O)[C@@H](N(C)C)[C@@H]2O)[C@H]1OC. The van der Waals surface area contributed by atoms with Crippen LogP contribution in [0.2, 0.25) is 0 Å². The van der Waals surface area contributed by atoms with Gasteiger partial charge in [-0.15, -0.1) is 0 Å². The number of methoxy groups -OCH3 is 1. The van der Waals surface area contributed by atoms with Crippen molar-refractivity contribution in [2.45, 2.75) is 191 Å². The molecule has 0 amide bonds. The van der Waals surface area contributed by atoms with Crippen LogP contribution in [0.5, 0.6) is 0 Å². The lowest BCUT2D eigenvalue weighted by Gasteiger charge is -2.51. The van der Waals surface area contributed by atoms with Crippen LogP contribution in [0.3, 0.4) is 0 Å². The second-order valence-electron chi connectivity index (χ2n) is 17.8. The third-order valence-electron chi connectivity index (χ3n) is 12.0. The van der Waals surface area contributed by atoms with E-state index < -0.39 is 121 Å². The quantitative estimate of drug-likeness (QED) is 0.0796. The van der Waals surface area contributed by atoms with Crippen molar-refractivity contribution in [3.63, 3.8) is 0 Å². The van der Waals surface area contributed by atoms with Crippen LogP contribution in [0.15, 0.2) is 12.2 Å². The van der Waals surface area contributed by atoms with Crippen LogP contribution in [-0.2, 0) is 61.8 Å². The van der Waals surface area contributed by atoms with Crippen molar-refractivity contribution in [2.24, 2.45) is 17.8 Å². The maximum Gasteiger partial charge on any atom is 0.309 e. The lowest BCUT2D eigenvalue weighted by atomic mass is 9.82. The van der Waals surface area contributed by atoms with E-state index in [4.69, 9.17) is 42.6 Å². The molecule has 0 aromatic rings. The average molecular weight is 858 g/mol. The fourth-order valence-corrected chi connectivity index (χ4v) is 8.60. The molecule has 4 aliphatic heterocycles. The Bertz CT molecular complexity index is 1440. The zero-order valence-electron chi connectivity index (χ0n) is 37.2. The fourth-order valence-electron chi connectivity index (χ4n) is 8.60. The molecule has 0 aromatic heterocycles. The molecule has 60 heavy (non-hydrogen) atoms. The molecule has 0 saturated carbocycles. The number of hydrogen-bond acceptors (Lipinski definition) is 17. The monoisotopic (exact) mass is 857 g/mol. The highest BCUT2D eigenvalue weighted by Gasteiger charge is 2.55. The largest absolute Gasteiger partial charge is 0.462 e. The van der Waals surface area contributed by atoms with Crippen LogP contribution in [-0.4, -0.2) is 170 Å². The molecule has 344 valence electrons. The van der Waals surface area contributed by atoms with E-state index in [0.717, 1.165) is 0 Å². The number of fused-ring (bicyclic) bond motifs is 1. The van der Waals surface area contributed by atoms with Gasteiger partial charge in [-0.3, -0.25) is 14.4 Å². The summed E-state index contributed by atoms with van der Waals surface area (Å²) in [6.07, 6.45) is -8.30. The Hall–Kier alpha value is -2.58. The first kappa shape index (κ1) is 50.1. The van der Waals surface area contributed by atoms with Crippen molar-refractivity contribution in [3.05, 3.63) is 12.2 Å². The number of hydrogen-bond donors (Lipinski definition) is 3. The molecule has 0 spiro atoms. The number of likely N-dealkylation sites (N-methyl/N-ethyl adjacent to an activating group) is 1. The van der Waals surface area contributed by atoms with Crippen molar-refractivity contribution < 1.29 is 77.1 Å². The maximum absolute atomic E-state index is 13.4. The highest BCUT2D eigenvalue weighted by Crippen LogP contribution is 2.38. The first-order valence-electron chi connectivity index (χ1n) is 21.4. The summed E-state index contributed by atoms with van der Waals surface area (Å²) in [6, 6.07) is -0.822. The minimum atomic E-state index is -1.69. The van der Waals surface area contributed by atoms with Crippen molar-refractivity contribution in [1.82, 2.24) is 4.90 Å². The molecule has 3 fully saturated rings. The predicted octanol–water partition coefficient (Wildman–Crippen LogP) is 2.27. The molecule has 17 nitrogen and oxygen atoms in total. The highest BCUT2D eigenvalue weighted by molar-refractivity contribution is 5.72. The zero-order chi connectivity index (χ0) is 44.6. The van der Waals surface area contributed by atoms with Crippen molar-refractivity contribution in [1.29, 1.82) is 0 Å². The standard InChI is InChI=1S/C43H71NO16/c1-12-33(47)57-31-20-35(49)54-24(5)19-30-29(56-30)14-13-28(46)23(4)18-27(15-16-45)39(40(31)52-11)60-42-37(50)36(44(9)10)38(25(6)55-42)58-32-21-53-26(7)41(43(32,8)51)59-34(48)17-22(2)3/h13-14,16,22-32,36-42,46,50-51H,12,15,17-21H2,1-11H3/b14-13+/t23-,24+,25-,26+,27-,28-,29+,30-,31-,32-,36-,37-,38-,39-,40-,41+,42+,43+/m0/s1. The number of carbonyl (C=O) groups is 4. The van der Waals surface area contributed by atoms with Crippen LogP contribution < -0.4 is 0 Å². The Kier molecular flexibility index (Phi) is 18.5. The summed E-state index contributed by atoms with van der Waals surface area (Å²) < 4.78 is 54.7. The van der Waals surface area contributed by atoms with Gasteiger partial charge in [0.1, 0.15) is 54.6 Å². The summed E-state index contributed by atoms with van der Waals surface area (Å²) in [7, 11) is 4.85. The van der Waals surface area contributed by atoms with E-state index in [2.05, 4.69) is 0 Å². The van der Waals surface area contributed by atoms with Crippen molar-refractivity contribution in [3.8, 4) is 0 Å². The summed E-state index contributed by atoms with van der Waals surface area (Å²) in [6.45, 7) is 13.9. The summed E-state index contributed by atoms with van der Waals surface area (Å²) in [4.78, 5) is 53.2. The van der Waals surface area contributed by atoms with Crippen LogP contribution in [0.1, 0.15) is 93.9 Å². The highest BCUT2D eigenvalue weighted by atomic mass is 16.7. The number of carbonyl (C=O) groups excluding carboxylic acids is 4. The number of esters is 3. The number of aliphatic hydroxyl groups is 3. The molecule has 4 rings (SSSR count). The van der Waals surface area contributed by atoms with Crippen LogP contribution in [0, 0.1) is 17.8 Å². The van der Waals surface area contributed by atoms with Crippen molar-refractivity contribution in [2.75, 3.05) is 27.8 Å². The molecule has 4 aliphatic rings. The second kappa shape index (κ2) is 22.2. The first-order chi connectivity index (χ1) is 28.2. The normalized spacial score (nSPS) is 42.5. The van der Waals surface area contributed by atoms with E-state index in [9.17, 15) is 34.5 Å². The Labute approximate surface area is 354 Å². The van der Waals surface area contributed by atoms with E-state index >= 15 is 0 Å². The Balaban J connectivity index is 1.68. The van der Waals surface area contributed by atoms with Crippen LogP contribution in [0.25, 0.3) is 0 Å². The second-order valence-corrected chi connectivity index (χ2v) is 17.8. The minimum absolute atomic E-state index is 0.00946. The zero-order valence-corrected chi connectivity index (χ0v) is 37.2. The Morgan fingerprint density at radius 1 is 0.983 bits per heavy atom. The van der Waals surface area contributed by atoms with E-state index in [1.807, 2.05) is 20.8 Å². The van der Waals surface area contributed by atoms with Gasteiger partial charge in [0.2, 0.25) is 0 Å². The molecular weight excluding hydrogens is 786 g/mol. The number of aliphatic hydroxyl groups excluding tert-OH is 2. The lowest BCUT2D eigenvalue weighted by Crippen LogP contribution is -2.68. The van der Waals surface area contributed by atoms with Gasteiger partial charge >= 0.3 is 17.9 Å². The minimum Gasteiger partial charge on any atom is -0.462 e. The Morgan fingerprint density at radius 2 is 1.68 bits per heavy atom. The fraction of sp³-hybridized carbons (Fsp3) is 0.860. The molecular formula is C43H71NO16. The van der Waals surface area contributed by atoms with Gasteiger partial charge < -0.3 is 67.6 Å². The summed E-state index contributed by atoms with van der Waals surface area (Å²) in [5.41, 5.74) is -1.69. The average Bonchev–Trinajstić information content (AvgIpc) is 3.90. The molecule has 17 heteroatoms. The molecule has 4 heterocycles. The summed E-state index contributed by atoms with van der Waals surface area (Å²) >= 11 is 0. The molecule has 18 atom stereocenters. The Morgan fingerprint density at radius 3 is 2.30 bits per heavy atom. The number of cyclic esters (lactones) is 1. The molecule has 0 unspecified atom stereocenters. The van der Waals surface area contributed by atoms with Gasteiger partial charge in [0.05, 0.1) is 49.6 Å². The lowest BCUT2D eigenvalue weighted by molar-refractivity contribution is -0.332. The topological polar surface area (TPSA) is 219 Å². The molecule has 3 N–H and O–H groups in total. The molecule has 0 aliphatic carbocycles. The van der Waals surface area contributed by atoms with Gasteiger partial charge in [0.15, 0.2) is 12.4 Å². The summed E-state index contributed by atoms with van der Waals surface area (Å²) in [5, 5.41) is 35.3. The van der Waals surface area contributed by atoms with Gasteiger partial charge in [-0.05, 0) is 66.0 Å². The molecule has 0 bridgehead atoms. The van der Waals surface area contributed by atoms with E-state index in [-0.39, 0.29) is 50.4 Å². The summed E-state index contributed by atoms with van der Waals surface area (Å²) in [5.74, 6) is -2.85. The number of aldehydes is 1. The molecule has 3 saturated heterocycles. The maximum atomic E-state index is 13.4. The third-order valence-corrected chi connectivity index (χ3v) is 12.0.